The third kappa shape index (κ3) is 4.81. The molecule has 0 saturated heterocycles. The summed E-state index contributed by atoms with van der Waals surface area (Å²) >= 11 is 5.81. The molecule has 0 radical (unpaired) electrons. The molecule has 3 aromatic carbocycles. The molecule has 140 valence electrons. The molecule has 5 nitrogen and oxygen atoms in total. The molecular weight excluding hydrogens is 383 g/mol. The van der Waals surface area contributed by atoms with Gasteiger partial charge < -0.3 is 4.74 Å². The lowest BCUT2D eigenvalue weighted by Crippen LogP contribution is -2.19. The number of hydrogen-bond acceptors (Lipinski definition) is 4. The van der Waals surface area contributed by atoms with Gasteiger partial charge in [-0.25, -0.2) is 14.6 Å². The summed E-state index contributed by atoms with van der Waals surface area (Å²) in [5, 5.41) is 4.32. The number of carbonyl (C=O) groups excluding carboxylic acids is 2. The number of hydrazone groups is 1. The summed E-state index contributed by atoms with van der Waals surface area (Å²) in [6.07, 6.45) is 1.31. The average Bonchev–Trinajstić information content (AvgIpc) is 2.70. The number of ether oxygens (including phenoxy) is 1. The summed E-state index contributed by atoms with van der Waals surface area (Å²) in [5.74, 6) is -1.64. The molecule has 0 unspecified atom stereocenters. The van der Waals surface area contributed by atoms with E-state index in [-0.39, 0.29) is 11.3 Å². The van der Waals surface area contributed by atoms with Crippen molar-refractivity contribution in [3.05, 3.63) is 100 Å². The van der Waals surface area contributed by atoms with Gasteiger partial charge in [0.05, 0.1) is 17.3 Å². The highest BCUT2D eigenvalue weighted by atomic mass is 35.5. The van der Waals surface area contributed by atoms with Gasteiger partial charge in [-0.15, -0.1) is 0 Å². The second kappa shape index (κ2) is 8.92. The Kier molecular flexibility index (Phi) is 6.14. The molecule has 7 heteroatoms. The highest BCUT2D eigenvalue weighted by molar-refractivity contribution is 6.30. The Hall–Kier alpha value is -3.51. The summed E-state index contributed by atoms with van der Waals surface area (Å²) < 4.78 is 19.0. The van der Waals surface area contributed by atoms with Crippen LogP contribution in [0.25, 0.3) is 0 Å². The van der Waals surface area contributed by atoms with E-state index in [1.807, 2.05) is 0 Å². The smallest absolute Gasteiger partial charge is 0.343 e. The van der Waals surface area contributed by atoms with Crippen molar-refractivity contribution < 1.29 is 18.7 Å². The van der Waals surface area contributed by atoms with Gasteiger partial charge in [0.15, 0.2) is 0 Å². The van der Waals surface area contributed by atoms with Crippen molar-refractivity contribution >= 4 is 29.7 Å². The first kappa shape index (κ1) is 19.3. The van der Waals surface area contributed by atoms with Crippen LogP contribution in [0.2, 0.25) is 5.02 Å². The van der Waals surface area contributed by atoms with Crippen molar-refractivity contribution in [3.63, 3.8) is 0 Å². The predicted molar refractivity (Wildman–Crippen MR) is 104 cm³/mol. The molecule has 3 rings (SSSR count). The van der Waals surface area contributed by atoms with Crippen molar-refractivity contribution in [3.8, 4) is 5.75 Å². The van der Waals surface area contributed by atoms with Crippen LogP contribution in [0.1, 0.15) is 26.3 Å². The van der Waals surface area contributed by atoms with Crippen LogP contribution in [0.3, 0.4) is 0 Å². The van der Waals surface area contributed by atoms with Gasteiger partial charge in [-0.05, 0) is 48.5 Å². The van der Waals surface area contributed by atoms with E-state index < -0.39 is 17.7 Å². The molecule has 0 spiro atoms. The van der Waals surface area contributed by atoms with Crippen molar-refractivity contribution in [2.75, 3.05) is 0 Å². The number of amides is 1. The molecule has 0 aliphatic carbocycles. The number of rotatable bonds is 5. The molecule has 0 aliphatic rings. The summed E-state index contributed by atoms with van der Waals surface area (Å²) in [7, 11) is 0. The van der Waals surface area contributed by atoms with Crippen LogP contribution >= 0.6 is 11.6 Å². The molecule has 0 fully saturated rings. The fourth-order valence-electron chi connectivity index (χ4n) is 2.29. The predicted octanol–water partition coefficient (Wildman–Crippen LogP) is 4.46. The molecule has 0 aliphatic heterocycles. The van der Waals surface area contributed by atoms with Crippen LogP contribution < -0.4 is 10.2 Å². The molecule has 1 N–H and O–H groups in total. The number of halogens is 2. The number of nitrogens with zero attached hydrogens (tertiary/aromatic N) is 1. The van der Waals surface area contributed by atoms with Crippen LogP contribution in [0, 0.1) is 5.82 Å². The van der Waals surface area contributed by atoms with Crippen molar-refractivity contribution in [1.29, 1.82) is 0 Å². The van der Waals surface area contributed by atoms with E-state index in [0.717, 1.165) is 0 Å². The first-order chi connectivity index (χ1) is 13.5. The van der Waals surface area contributed by atoms with Crippen molar-refractivity contribution in [2.24, 2.45) is 5.10 Å². The molecule has 0 aromatic heterocycles. The minimum Gasteiger partial charge on any atom is -0.422 e. The monoisotopic (exact) mass is 396 g/mol. The number of para-hydroxylation sites is 1. The summed E-state index contributed by atoms with van der Waals surface area (Å²) in [6.45, 7) is 0. The second-order valence-corrected chi connectivity index (χ2v) is 6.05. The van der Waals surface area contributed by atoms with Gasteiger partial charge in [0.2, 0.25) is 0 Å². The fourth-order valence-corrected chi connectivity index (χ4v) is 2.42. The normalized spacial score (nSPS) is 10.6. The molecule has 0 saturated carbocycles. The Balaban J connectivity index is 1.70. The number of benzene rings is 3. The van der Waals surface area contributed by atoms with Gasteiger partial charge in [0, 0.05) is 10.6 Å². The van der Waals surface area contributed by atoms with Crippen molar-refractivity contribution in [2.45, 2.75) is 0 Å². The van der Waals surface area contributed by atoms with E-state index in [1.54, 1.807) is 54.6 Å². The number of esters is 1. The highest BCUT2D eigenvalue weighted by Crippen LogP contribution is 2.18. The van der Waals surface area contributed by atoms with Gasteiger partial charge in [0.1, 0.15) is 11.6 Å². The van der Waals surface area contributed by atoms with Gasteiger partial charge in [-0.3, -0.25) is 4.79 Å². The van der Waals surface area contributed by atoms with Crippen LogP contribution in [-0.2, 0) is 0 Å². The fraction of sp³-hybridized carbons (Fsp3) is 0. The maximum absolute atomic E-state index is 13.6. The topological polar surface area (TPSA) is 67.8 Å². The summed E-state index contributed by atoms with van der Waals surface area (Å²) in [5.41, 5.74) is 2.91. The molecule has 3 aromatic rings. The Bertz CT molecular complexity index is 1040. The lowest BCUT2D eigenvalue weighted by atomic mass is 10.2. The first-order valence-corrected chi connectivity index (χ1v) is 8.57. The zero-order valence-corrected chi connectivity index (χ0v) is 15.2. The highest BCUT2D eigenvalue weighted by Gasteiger charge is 2.12. The average molecular weight is 397 g/mol. The van der Waals surface area contributed by atoms with E-state index in [9.17, 15) is 14.0 Å². The van der Waals surface area contributed by atoms with Gasteiger partial charge >= 0.3 is 5.97 Å². The molecule has 1 amide bonds. The standard InChI is InChI=1S/C21H14ClFN2O3/c22-16-11-9-14(10-12-16)21(27)28-19-8-4-1-5-15(19)13-24-25-20(26)17-6-2-3-7-18(17)23/h1-13H,(H,25,26). The van der Waals surface area contributed by atoms with Crippen LogP contribution in [0.15, 0.2) is 77.9 Å². The molecule has 0 heterocycles. The Morgan fingerprint density at radius 1 is 0.964 bits per heavy atom. The Morgan fingerprint density at radius 2 is 1.64 bits per heavy atom. The lowest BCUT2D eigenvalue weighted by molar-refractivity contribution is 0.0734. The number of carbonyl (C=O) groups is 2. The minimum absolute atomic E-state index is 0.123. The maximum Gasteiger partial charge on any atom is 0.343 e. The van der Waals surface area contributed by atoms with Gasteiger partial charge in [0.25, 0.3) is 5.91 Å². The number of nitrogens with one attached hydrogen (secondary N) is 1. The maximum atomic E-state index is 13.6. The summed E-state index contributed by atoms with van der Waals surface area (Å²) in [4.78, 5) is 24.2. The lowest BCUT2D eigenvalue weighted by Gasteiger charge is -2.07. The molecule has 0 atom stereocenters. The second-order valence-electron chi connectivity index (χ2n) is 5.61. The van der Waals surface area contributed by atoms with Crippen molar-refractivity contribution in [1.82, 2.24) is 5.43 Å². The van der Waals surface area contributed by atoms with Crippen LogP contribution in [-0.4, -0.2) is 18.1 Å². The Morgan fingerprint density at radius 3 is 2.39 bits per heavy atom. The minimum atomic E-state index is -0.690. The van der Waals surface area contributed by atoms with Gasteiger partial charge in [-0.1, -0.05) is 35.9 Å². The zero-order chi connectivity index (χ0) is 19.9. The molecule has 28 heavy (non-hydrogen) atoms. The SMILES string of the molecule is O=C(Oc1ccccc1C=NNC(=O)c1ccccc1F)c1ccc(Cl)cc1. The Labute approximate surface area is 165 Å². The third-order valence-corrected chi connectivity index (χ3v) is 3.94. The number of hydrogen-bond donors (Lipinski definition) is 1. The first-order valence-electron chi connectivity index (χ1n) is 8.19. The largest absolute Gasteiger partial charge is 0.422 e. The zero-order valence-electron chi connectivity index (χ0n) is 14.4. The molecule has 0 bridgehead atoms. The van der Waals surface area contributed by atoms with Gasteiger partial charge in [-0.2, -0.15) is 5.10 Å². The van der Waals surface area contributed by atoms with E-state index in [4.69, 9.17) is 16.3 Å². The quantitative estimate of drug-likeness (QED) is 0.299. The van der Waals surface area contributed by atoms with E-state index in [0.29, 0.717) is 16.1 Å². The summed E-state index contributed by atoms with van der Waals surface area (Å²) in [6, 6.07) is 18.5. The third-order valence-electron chi connectivity index (χ3n) is 3.69. The van der Waals surface area contributed by atoms with Crippen LogP contribution in [0.5, 0.6) is 5.75 Å². The van der Waals surface area contributed by atoms with E-state index >= 15 is 0 Å². The van der Waals surface area contributed by atoms with E-state index in [1.165, 1.54) is 24.4 Å². The van der Waals surface area contributed by atoms with Crippen LogP contribution in [0.4, 0.5) is 4.39 Å². The van der Waals surface area contributed by atoms with E-state index in [2.05, 4.69) is 10.5 Å². The molecular formula is C21H14ClFN2O3.